The van der Waals surface area contributed by atoms with Crippen LogP contribution in [-0.4, -0.2) is 33.9 Å². The van der Waals surface area contributed by atoms with Crippen LogP contribution in [-0.2, 0) is 9.59 Å². The van der Waals surface area contributed by atoms with Crippen LogP contribution < -0.4 is 4.90 Å². The van der Waals surface area contributed by atoms with Gasteiger partial charge in [0.25, 0.3) is 0 Å². The van der Waals surface area contributed by atoms with E-state index < -0.39 is 29.1 Å². The Kier molecular flexibility index (Phi) is 4.26. The lowest BCUT2D eigenvalue weighted by atomic mass is 10.1. The van der Waals surface area contributed by atoms with E-state index in [1.807, 2.05) is 0 Å². The number of nitrogens with zero attached hydrogens (tertiary/aromatic N) is 1. The first-order chi connectivity index (χ1) is 9.81. The molecule has 1 aromatic carbocycles. The first-order valence-corrected chi connectivity index (χ1v) is 6.88. The Bertz CT molecular complexity index is 635. The molecule has 0 bridgehead atoms. The standard InChI is InChI=1S/C13H11F2NO4S/c1-6(17)21-7-4-10(18)16(5-7)9-3-2-8(14)11(12(9)15)13(19)20/h2-3,7H,4-5H2,1H3,(H,19,20). The highest BCUT2D eigenvalue weighted by molar-refractivity contribution is 8.14. The van der Waals surface area contributed by atoms with Gasteiger partial charge in [-0.1, -0.05) is 11.8 Å². The van der Waals surface area contributed by atoms with Crippen LogP contribution in [0, 0.1) is 11.6 Å². The molecule has 0 saturated carbocycles. The van der Waals surface area contributed by atoms with E-state index in [1.54, 1.807) is 0 Å². The smallest absolute Gasteiger partial charge is 0.341 e. The molecular weight excluding hydrogens is 304 g/mol. The van der Waals surface area contributed by atoms with E-state index in [0.717, 1.165) is 28.8 Å². The molecule has 1 heterocycles. The topological polar surface area (TPSA) is 74.7 Å². The zero-order valence-corrected chi connectivity index (χ0v) is 11.7. The van der Waals surface area contributed by atoms with Crippen LogP contribution in [0.4, 0.5) is 14.5 Å². The summed E-state index contributed by atoms with van der Waals surface area (Å²) in [6.45, 7) is 1.43. The average Bonchev–Trinajstić information content (AvgIpc) is 2.68. The number of amides is 1. The highest BCUT2D eigenvalue weighted by Crippen LogP contribution is 2.32. The minimum Gasteiger partial charge on any atom is -0.477 e. The number of carbonyl (C=O) groups excluding carboxylic acids is 2. The zero-order valence-electron chi connectivity index (χ0n) is 10.9. The SMILES string of the molecule is CC(=O)SC1CC(=O)N(c2ccc(F)c(C(=O)O)c2F)C1. The van der Waals surface area contributed by atoms with E-state index in [4.69, 9.17) is 5.11 Å². The molecule has 0 radical (unpaired) electrons. The van der Waals surface area contributed by atoms with E-state index in [9.17, 15) is 23.2 Å². The lowest BCUT2D eigenvalue weighted by molar-refractivity contribution is -0.117. The number of hydrogen-bond donors (Lipinski definition) is 1. The van der Waals surface area contributed by atoms with Gasteiger partial charge in [-0.05, 0) is 12.1 Å². The van der Waals surface area contributed by atoms with Crippen molar-refractivity contribution in [3.05, 3.63) is 29.3 Å². The maximum atomic E-state index is 14.1. The number of benzene rings is 1. The van der Waals surface area contributed by atoms with Crippen LogP contribution in [0.3, 0.4) is 0 Å². The fraction of sp³-hybridized carbons (Fsp3) is 0.308. The molecule has 1 amide bonds. The largest absolute Gasteiger partial charge is 0.477 e. The van der Waals surface area contributed by atoms with Crippen molar-refractivity contribution < 1.29 is 28.3 Å². The summed E-state index contributed by atoms with van der Waals surface area (Å²) in [7, 11) is 0. The fourth-order valence-electron chi connectivity index (χ4n) is 2.17. The maximum absolute atomic E-state index is 14.1. The quantitative estimate of drug-likeness (QED) is 0.924. The van der Waals surface area contributed by atoms with E-state index in [0.29, 0.717) is 0 Å². The summed E-state index contributed by atoms with van der Waals surface area (Å²) >= 11 is 0.969. The molecule has 1 fully saturated rings. The van der Waals surface area contributed by atoms with Gasteiger partial charge in [-0.25, -0.2) is 13.6 Å². The average molecular weight is 315 g/mol. The Balaban J connectivity index is 2.35. The molecule has 1 N–H and O–H groups in total. The van der Waals surface area contributed by atoms with Crippen LogP contribution >= 0.6 is 11.8 Å². The van der Waals surface area contributed by atoms with Crippen molar-refractivity contribution >= 4 is 34.4 Å². The second-order valence-corrected chi connectivity index (χ2v) is 5.98. The number of carboxylic acid groups (broad SMARTS) is 1. The third kappa shape index (κ3) is 3.05. The molecular formula is C13H11F2NO4S. The first-order valence-electron chi connectivity index (χ1n) is 6.00. The van der Waals surface area contributed by atoms with Crippen LogP contribution in [0.1, 0.15) is 23.7 Å². The van der Waals surface area contributed by atoms with Crippen molar-refractivity contribution in [3.63, 3.8) is 0 Å². The van der Waals surface area contributed by atoms with Crippen molar-refractivity contribution in [2.75, 3.05) is 11.4 Å². The second kappa shape index (κ2) is 5.80. The fourth-order valence-corrected chi connectivity index (χ4v) is 3.09. The molecule has 1 aromatic rings. The van der Waals surface area contributed by atoms with Gasteiger partial charge in [0, 0.05) is 25.1 Å². The number of rotatable bonds is 3. The van der Waals surface area contributed by atoms with E-state index in [1.165, 1.54) is 6.92 Å². The van der Waals surface area contributed by atoms with Gasteiger partial charge in [-0.15, -0.1) is 0 Å². The first kappa shape index (κ1) is 15.4. The molecule has 5 nitrogen and oxygen atoms in total. The lowest BCUT2D eigenvalue weighted by Gasteiger charge is -2.18. The van der Waals surface area contributed by atoms with Gasteiger partial charge in [0.1, 0.15) is 11.4 Å². The second-order valence-electron chi connectivity index (χ2n) is 4.50. The van der Waals surface area contributed by atoms with Crippen molar-refractivity contribution in [2.24, 2.45) is 0 Å². The molecule has 1 atom stereocenters. The van der Waals surface area contributed by atoms with Gasteiger partial charge < -0.3 is 10.0 Å². The minimum atomic E-state index is -1.74. The lowest BCUT2D eigenvalue weighted by Crippen LogP contribution is -2.27. The molecule has 8 heteroatoms. The van der Waals surface area contributed by atoms with Crippen molar-refractivity contribution in [1.82, 2.24) is 0 Å². The summed E-state index contributed by atoms with van der Waals surface area (Å²) < 4.78 is 27.5. The molecule has 0 spiro atoms. The molecule has 0 aliphatic carbocycles. The molecule has 112 valence electrons. The van der Waals surface area contributed by atoms with E-state index in [-0.39, 0.29) is 29.0 Å². The van der Waals surface area contributed by atoms with Gasteiger partial charge in [0.05, 0.1) is 5.69 Å². The van der Waals surface area contributed by atoms with Crippen molar-refractivity contribution in [3.8, 4) is 0 Å². The summed E-state index contributed by atoms with van der Waals surface area (Å²) in [5.74, 6) is -4.67. The van der Waals surface area contributed by atoms with Gasteiger partial charge in [-0.2, -0.15) is 0 Å². The number of carbonyl (C=O) groups is 3. The molecule has 2 rings (SSSR count). The predicted molar refractivity (Wildman–Crippen MR) is 72.3 cm³/mol. The Morgan fingerprint density at radius 1 is 1.38 bits per heavy atom. The van der Waals surface area contributed by atoms with Gasteiger partial charge >= 0.3 is 5.97 Å². The van der Waals surface area contributed by atoms with Gasteiger partial charge in [0.15, 0.2) is 10.9 Å². The van der Waals surface area contributed by atoms with E-state index >= 15 is 0 Å². The summed E-state index contributed by atoms with van der Waals surface area (Å²) in [6, 6.07) is 1.83. The molecule has 1 saturated heterocycles. The summed E-state index contributed by atoms with van der Waals surface area (Å²) in [6.07, 6.45) is 0.0451. The molecule has 21 heavy (non-hydrogen) atoms. The molecule has 0 aromatic heterocycles. The van der Waals surface area contributed by atoms with Crippen LogP contribution in [0.2, 0.25) is 0 Å². The highest BCUT2D eigenvalue weighted by atomic mass is 32.2. The Morgan fingerprint density at radius 2 is 2.05 bits per heavy atom. The van der Waals surface area contributed by atoms with Crippen LogP contribution in [0.5, 0.6) is 0 Å². The Labute approximate surface area is 122 Å². The zero-order chi connectivity index (χ0) is 15.7. The maximum Gasteiger partial charge on any atom is 0.341 e. The van der Waals surface area contributed by atoms with Gasteiger partial charge in [0.2, 0.25) is 5.91 Å². The van der Waals surface area contributed by atoms with Crippen molar-refractivity contribution in [2.45, 2.75) is 18.6 Å². The number of anilines is 1. The normalized spacial score (nSPS) is 18.1. The molecule has 1 unspecified atom stereocenters. The molecule has 1 aliphatic rings. The summed E-state index contributed by atoms with van der Waals surface area (Å²) in [4.78, 5) is 34.8. The number of carboxylic acids is 1. The van der Waals surface area contributed by atoms with Crippen LogP contribution in [0.15, 0.2) is 12.1 Å². The van der Waals surface area contributed by atoms with Crippen molar-refractivity contribution in [1.29, 1.82) is 0 Å². The molecule has 1 aliphatic heterocycles. The monoisotopic (exact) mass is 315 g/mol. The number of halogens is 2. The minimum absolute atomic E-state index is 0.0451. The predicted octanol–water partition coefficient (Wildman–Crippen LogP) is 2.05. The third-order valence-electron chi connectivity index (χ3n) is 3.00. The number of hydrogen-bond acceptors (Lipinski definition) is 4. The Morgan fingerprint density at radius 3 is 2.62 bits per heavy atom. The third-order valence-corrected chi connectivity index (χ3v) is 3.98. The summed E-state index contributed by atoms with van der Waals surface area (Å²) in [5.41, 5.74) is -1.38. The van der Waals surface area contributed by atoms with Crippen LogP contribution in [0.25, 0.3) is 0 Å². The number of thioether (sulfide) groups is 1. The van der Waals surface area contributed by atoms with Gasteiger partial charge in [-0.3, -0.25) is 9.59 Å². The summed E-state index contributed by atoms with van der Waals surface area (Å²) in [5, 5.41) is 8.33. The van der Waals surface area contributed by atoms with E-state index in [2.05, 4.69) is 0 Å². The highest BCUT2D eigenvalue weighted by Gasteiger charge is 2.34. The Hall–Kier alpha value is -1.96. The number of aromatic carboxylic acids is 1.